The molecular formula is C11H16N4OS. The Labute approximate surface area is 106 Å². The fourth-order valence-corrected chi connectivity index (χ4v) is 1.93. The number of ether oxygens (including phenoxy) is 1. The van der Waals surface area contributed by atoms with Gasteiger partial charge in [-0.25, -0.2) is 9.97 Å². The van der Waals surface area contributed by atoms with E-state index in [9.17, 15) is 0 Å². The highest BCUT2D eigenvalue weighted by atomic mass is 32.1. The summed E-state index contributed by atoms with van der Waals surface area (Å²) in [6.07, 6.45) is 2.85. The Kier molecular flexibility index (Phi) is 3.86. The standard InChI is InChI=1S/C11H16N4OS/c1-8-7-15(5-2-6-16-8)11-13-4-3-9(14-11)10(12)17/h3-4,8H,2,5-7H2,1H3,(H2,12,17). The molecule has 6 heteroatoms. The lowest BCUT2D eigenvalue weighted by Crippen LogP contribution is -2.32. The highest BCUT2D eigenvalue weighted by molar-refractivity contribution is 7.80. The number of rotatable bonds is 2. The molecule has 2 N–H and O–H groups in total. The fraction of sp³-hybridized carbons (Fsp3) is 0.545. The molecule has 1 aliphatic heterocycles. The molecule has 92 valence electrons. The maximum absolute atomic E-state index is 5.58. The van der Waals surface area contributed by atoms with Gasteiger partial charge >= 0.3 is 0 Å². The van der Waals surface area contributed by atoms with Gasteiger partial charge in [-0.1, -0.05) is 12.2 Å². The van der Waals surface area contributed by atoms with E-state index in [2.05, 4.69) is 21.8 Å². The summed E-state index contributed by atoms with van der Waals surface area (Å²) in [5, 5.41) is 0. The van der Waals surface area contributed by atoms with Crippen molar-refractivity contribution in [2.24, 2.45) is 5.73 Å². The SMILES string of the molecule is CC1CN(c2nccc(C(N)=S)n2)CCCO1. The highest BCUT2D eigenvalue weighted by Gasteiger charge is 2.17. The van der Waals surface area contributed by atoms with Crippen molar-refractivity contribution in [3.63, 3.8) is 0 Å². The zero-order valence-electron chi connectivity index (χ0n) is 9.80. The van der Waals surface area contributed by atoms with Crippen LogP contribution in [0, 0.1) is 0 Å². The first-order chi connectivity index (χ1) is 8.16. The largest absolute Gasteiger partial charge is 0.388 e. The van der Waals surface area contributed by atoms with Crippen LogP contribution in [0.2, 0.25) is 0 Å². The summed E-state index contributed by atoms with van der Waals surface area (Å²) >= 11 is 4.92. The Hall–Kier alpha value is -1.27. The van der Waals surface area contributed by atoms with Gasteiger partial charge < -0.3 is 15.4 Å². The van der Waals surface area contributed by atoms with Gasteiger partial charge in [0.25, 0.3) is 0 Å². The lowest BCUT2D eigenvalue weighted by Gasteiger charge is -2.22. The maximum atomic E-state index is 5.58. The van der Waals surface area contributed by atoms with E-state index in [4.69, 9.17) is 22.7 Å². The molecule has 1 aromatic heterocycles. The molecule has 0 radical (unpaired) electrons. The monoisotopic (exact) mass is 252 g/mol. The average Bonchev–Trinajstić information content (AvgIpc) is 2.54. The van der Waals surface area contributed by atoms with Gasteiger partial charge in [0.1, 0.15) is 10.7 Å². The van der Waals surface area contributed by atoms with Gasteiger partial charge in [0.05, 0.1) is 6.10 Å². The van der Waals surface area contributed by atoms with Crippen LogP contribution in [0.3, 0.4) is 0 Å². The summed E-state index contributed by atoms with van der Waals surface area (Å²) in [6, 6.07) is 1.73. The topological polar surface area (TPSA) is 64.3 Å². The third kappa shape index (κ3) is 3.10. The van der Waals surface area contributed by atoms with E-state index >= 15 is 0 Å². The number of nitrogens with zero attached hydrogens (tertiary/aromatic N) is 3. The number of aromatic nitrogens is 2. The fourth-order valence-electron chi connectivity index (χ4n) is 1.81. The van der Waals surface area contributed by atoms with Crippen LogP contribution in [0.1, 0.15) is 19.0 Å². The van der Waals surface area contributed by atoms with Gasteiger partial charge in [-0.05, 0) is 19.4 Å². The summed E-state index contributed by atoms with van der Waals surface area (Å²) in [6.45, 7) is 4.52. The van der Waals surface area contributed by atoms with E-state index in [1.54, 1.807) is 12.3 Å². The summed E-state index contributed by atoms with van der Waals surface area (Å²) in [5.74, 6) is 0.674. The van der Waals surface area contributed by atoms with Crippen LogP contribution in [0.15, 0.2) is 12.3 Å². The molecule has 1 saturated heterocycles. The maximum Gasteiger partial charge on any atom is 0.226 e. The van der Waals surface area contributed by atoms with Crippen molar-refractivity contribution in [1.82, 2.24) is 9.97 Å². The normalized spacial score (nSPS) is 21.0. The number of hydrogen-bond acceptors (Lipinski definition) is 5. The third-order valence-corrected chi connectivity index (χ3v) is 2.84. The molecule has 0 aliphatic carbocycles. The van der Waals surface area contributed by atoms with Crippen molar-refractivity contribution in [3.8, 4) is 0 Å². The van der Waals surface area contributed by atoms with E-state index < -0.39 is 0 Å². The second kappa shape index (κ2) is 5.37. The summed E-state index contributed by atoms with van der Waals surface area (Å²) in [7, 11) is 0. The molecule has 1 aliphatic rings. The predicted octanol–water partition coefficient (Wildman–Crippen LogP) is 0.726. The van der Waals surface area contributed by atoms with Gasteiger partial charge in [0.15, 0.2) is 0 Å². The minimum absolute atomic E-state index is 0.189. The Morgan fingerprint density at radius 3 is 3.24 bits per heavy atom. The Balaban J connectivity index is 2.20. The van der Waals surface area contributed by atoms with Crippen LogP contribution in [0.4, 0.5) is 5.95 Å². The molecule has 0 saturated carbocycles. The van der Waals surface area contributed by atoms with Crippen molar-refractivity contribution in [3.05, 3.63) is 18.0 Å². The predicted molar refractivity (Wildman–Crippen MR) is 70.2 cm³/mol. The molecule has 0 aromatic carbocycles. The number of anilines is 1. The van der Waals surface area contributed by atoms with E-state index in [-0.39, 0.29) is 6.10 Å². The van der Waals surface area contributed by atoms with Crippen LogP contribution in [-0.4, -0.2) is 40.8 Å². The molecule has 1 aromatic rings. The molecule has 17 heavy (non-hydrogen) atoms. The van der Waals surface area contributed by atoms with Gasteiger partial charge in [0.2, 0.25) is 5.95 Å². The summed E-state index contributed by atoms with van der Waals surface area (Å²) in [4.78, 5) is 11.0. The average molecular weight is 252 g/mol. The van der Waals surface area contributed by atoms with Crippen molar-refractivity contribution < 1.29 is 4.74 Å². The van der Waals surface area contributed by atoms with Crippen LogP contribution in [0.25, 0.3) is 0 Å². The van der Waals surface area contributed by atoms with Crippen molar-refractivity contribution in [2.75, 3.05) is 24.6 Å². The van der Waals surface area contributed by atoms with E-state index in [1.165, 1.54) is 0 Å². The lowest BCUT2D eigenvalue weighted by molar-refractivity contribution is 0.0820. The molecule has 1 unspecified atom stereocenters. The van der Waals surface area contributed by atoms with Gasteiger partial charge in [-0.2, -0.15) is 0 Å². The summed E-state index contributed by atoms with van der Waals surface area (Å²) in [5.41, 5.74) is 6.18. The minimum atomic E-state index is 0.189. The molecular weight excluding hydrogens is 236 g/mol. The lowest BCUT2D eigenvalue weighted by atomic mass is 10.3. The molecule has 0 amide bonds. The van der Waals surface area contributed by atoms with Crippen LogP contribution < -0.4 is 10.6 Å². The number of hydrogen-bond donors (Lipinski definition) is 1. The number of nitrogens with two attached hydrogens (primary N) is 1. The van der Waals surface area contributed by atoms with Crippen LogP contribution in [-0.2, 0) is 4.74 Å². The van der Waals surface area contributed by atoms with Crippen LogP contribution in [0.5, 0.6) is 0 Å². The van der Waals surface area contributed by atoms with Crippen LogP contribution >= 0.6 is 12.2 Å². The molecule has 0 bridgehead atoms. The zero-order valence-corrected chi connectivity index (χ0v) is 10.6. The van der Waals surface area contributed by atoms with Gasteiger partial charge in [-0.15, -0.1) is 0 Å². The van der Waals surface area contributed by atoms with Crippen molar-refractivity contribution >= 4 is 23.2 Å². The Morgan fingerprint density at radius 1 is 1.65 bits per heavy atom. The second-order valence-electron chi connectivity index (χ2n) is 4.09. The third-order valence-electron chi connectivity index (χ3n) is 2.63. The van der Waals surface area contributed by atoms with Gasteiger partial charge in [-0.3, -0.25) is 0 Å². The summed E-state index contributed by atoms with van der Waals surface area (Å²) < 4.78 is 5.58. The molecule has 2 rings (SSSR count). The first-order valence-electron chi connectivity index (χ1n) is 5.66. The van der Waals surface area contributed by atoms with E-state index in [0.29, 0.717) is 16.6 Å². The van der Waals surface area contributed by atoms with Crippen molar-refractivity contribution in [1.29, 1.82) is 0 Å². The second-order valence-corrected chi connectivity index (χ2v) is 4.53. The smallest absolute Gasteiger partial charge is 0.226 e. The Morgan fingerprint density at radius 2 is 2.47 bits per heavy atom. The zero-order chi connectivity index (χ0) is 12.3. The quantitative estimate of drug-likeness (QED) is 0.783. The first kappa shape index (κ1) is 12.2. The van der Waals surface area contributed by atoms with Crippen molar-refractivity contribution in [2.45, 2.75) is 19.4 Å². The van der Waals surface area contributed by atoms with E-state index in [1.807, 2.05) is 0 Å². The molecule has 2 heterocycles. The Bertz CT molecular complexity index is 412. The van der Waals surface area contributed by atoms with Gasteiger partial charge in [0, 0.05) is 25.9 Å². The number of thiocarbonyl (C=S) groups is 1. The first-order valence-corrected chi connectivity index (χ1v) is 6.07. The molecule has 1 atom stereocenters. The molecule has 0 spiro atoms. The molecule has 5 nitrogen and oxygen atoms in total. The molecule has 1 fully saturated rings. The highest BCUT2D eigenvalue weighted by Crippen LogP contribution is 2.13. The van der Waals surface area contributed by atoms with E-state index in [0.717, 1.165) is 26.1 Å². The minimum Gasteiger partial charge on any atom is -0.388 e.